The van der Waals surface area contributed by atoms with Crippen LogP contribution in [0.1, 0.15) is 0 Å². The second-order valence-corrected chi connectivity index (χ2v) is 7.21. The van der Waals surface area contributed by atoms with E-state index in [0.29, 0.717) is 0 Å². The smallest absolute Gasteiger partial charge is 0.346 e. The summed E-state index contributed by atoms with van der Waals surface area (Å²) in [7, 11) is 0. The van der Waals surface area contributed by atoms with E-state index in [-0.39, 0.29) is 41.1 Å². The van der Waals surface area contributed by atoms with Crippen molar-refractivity contribution in [1.29, 1.82) is 0 Å². The molecule has 22 nitrogen and oxygen atoms in total. The van der Waals surface area contributed by atoms with Crippen LogP contribution in [-0.4, -0.2) is 54.8 Å². The van der Waals surface area contributed by atoms with Gasteiger partial charge in [0.05, 0.1) is 24.8 Å². The van der Waals surface area contributed by atoms with Crippen molar-refractivity contribution >= 4 is 41.1 Å². The number of nitrogens with zero attached hydrogens (tertiary/aromatic N) is 7. The lowest BCUT2D eigenvalue weighted by Gasteiger charge is -1.93. The second-order valence-electron chi connectivity index (χ2n) is 7.21. The molecule has 0 spiro atoms. The Kier molecular flexibility index (Phi) is 13.5. The third-order valence-corrected chi connectivity index (χ3v) is 3.86. The van der Waals surface area contributed by atoms with Gasteiger partial charge in [-0.05, 0) is 0 Å². The number of nitrogens with two attached hydrogens (primary N) is 7. The van der Waals surface area contributed by atoms with Gasteiger partial charge < -0.3 is 40.1 Å². The molecule has 0 aromatic carbocycles. The third kappa shape index (κ3) is 13.8. The zero-order valence-electron chi connectivity index (χ0n) is 22.1. The molecule has 0 bridgehead atoms. The predicted molar refractivity (Wildman–Crippen MR) is 150 cm³/mol. The molecule has 45 heavy (non-hydrogen) atoms. The summed E-state index contributed by atoms with van der Waals surface area (Å²) in [4.78, 5) is 71.6. The van der Waals surface area contributed by atoms with Crippen molar-refractivity contribution in [2.45, 2.75) is 0 Å². The third-order valence-electron chi connectivity index (χ3n) is 3.86. The summed E-state index contributed by atoms with van der Waals surface area (Å²) in [5.41, 5.74) is 32.6. The number of nitrogen functional groups attached to an aromatic ring is 7. The molecule has 5 heterocycles. The number of aromatic amines is 4. The molecule has 0 aliphatic rings. The van der Waals surface area contributed by atoms with Crippen LogP contribution >= 0.6 is 0 Å². The highest BCUT2D eigenvalue weighted by molar-refractivity contribution is 5.33. The van der Waals surface area contributed by atoms with E-state index in [1.807, 2.05) is 19.9 Å². The molecule has 0 fully saturated rings. The maximum atomic E-state index is 12.1. The number of nitrogens with one attached hydrogen (secondary N) is 4. The summed E-state index contributed by atoms with van der Waals surface area (Å²) in [6.07, 6.45) is 3.09. The molecule has 18 N–H and O–H groups in total. The first kappa shape index (κ1) is 35.9. The van der Waals surface area contributed by atoms with Crippen LogP contribution in [0, 0.1) is 23.3 Å². The molecule has 5 aromatic heterocycles. The number of aromatic nitrogens is 11. The SMILES string of the molecule is Nc1[nH]c(=O)ncc1F.Nc1[nH]c(=O)ncc1F.Nc1[nH]c(=O)ncc1F.Nc1[nH]c(=O)ncc1F.Nc1nc(N)nc(N)n1. The Hall–Kier alpha value is -7.15. The molecule has 0 saturated heterocycles. The van der Waals surface area contributed by atoms with Gasteiger partial charge in [0.25, 0.3) is 0 Å². The monoisotopic (exact) mass is 642 g/mol. The highest BCUT2D eigenvalue weighted by atomic mass is 19.1. The fraction of sp³-hybridized carbons (Fsp3) is 0. The summed E-state index contributed by atoms with van der Waals surface area (Å²) < 4.78 is 48.6. The van der Waals surface area contributed by atoms with Crippen LogP contribution < -0.4 is 62.9 Å². The quantitative estimate of drug-likeness (QED) is 0.0732. The van der Waals surface area contributed by atoms with Gasteiger partial charge in [0, 0.05) is 0 Å². The molecular formula is C19H22F4N18O4. The van der Waals surface area contributed by atoms with Crippen LogP contribution in [0.4, 0.5) is 58.7 Å². The summed E-state index contributed by atoms with van der Waals surface area (Å²) >= 11 is 0. The zero-order valence-corrected chi connectivity index (χ0v) is 22.1. The van der Waals surface area contributed by atoms with E-state index in [1.165, 1.54) is 0 Å². The van der Waals surface area contributed by atoms with E-state index in [0.717, 1.165) is 24.8 Å². The number of halogens is 4. The van der Waals surface area contributed by atoms with Crippen molar-refractivity contribution < 1.29 is 17.6 Å². The molecule has 5 rings (SSSR count). The summed E-state index contributed by atoms with van der Waals surface area (Å²) in [6.45, 7) is 0. The van der Waals surface area contributed by atoms with E-state index in [4.69, 9.17) is 40.1 Å². The number of hydrogen-bond acceptors (Lipinski definition) is 18. The molecule has 0 radical (unpaired) electrons. The largest absolute Gasteiger partial charge is 0.383 e. The maximum Gasteiger partial charge on any atom is 0.346 e. The maximum absolute atomic E-state index is 12.1. The first-order chi connectivity index (χ1) is 21.0. The van der Waals surface area contributed by atoms with Gasteiger partial charge in [0.1, 0.15) is 23.3 Å². The van der Waals surface area contributed by atoms with Gasteiger partial charge in [0.2, 0.25) is 17.8 Å². The second kappa shape index (κ2) is 17.0. The Balaban J connectivity index is 0.000000281. The van der Waals surface area contributed by atoms with Crippen molar-refractivity contribution in [2.24, 2.45) is 0 Å². The fourth-order valence-corrected chi connectivity index (χ4v) is 2.00. The highest BCUT2D eigenvalue weighted by Gasteiger charge is 1.98. The standard InChI is InChI=1S/4C4H4FN3O.C3H6N6/c4*5-2-1-7-4(9)8-3(2)6;4-1-7-2(5)9-3(6)8-1/h4*1H,(H3,6,7,8,9);(H6,4,5,6,7,8,9). The molecule has 0 aliphatic carbocycles. The van der Waals surface area contributed by atoms with E-state index in [1.54, 1.807) is 0 Å². The molecule has 240 valence electrons. The van der Waals surface area contributed by atoms with E-state index < -0.39 is 46.0 Å². The van der Waals surface area contributed by atoms with Crippen LogP contribution in [0.5, 0.6) is 0 Å². The van der Waals surface area contributed by atoms with Gasteiger partial charge in [0.15, 0.2) is 23.3 Å². The van der Waals surface area contributed by atoms with Crippen molar-refractivity contribution in [3.63, 3.8) is 0 Å². The Bertz CT molecular complexity index is 1670. The fourth-order valence-electron chi connectivity index (χ4n) is 2.00. The number of anilines is 7. The molecule has 0 saturated carbocycles. The lowest BCUT2D eigenvalue weighted by Crippen LogP contribution is -2.12. The van der Waals surface area contributed by atoms with E-state index in [2.05, 4.69) is 34.9 Å². The van der Waals surface area contributed by atoms with Crippen LogP contribution in [0.2, 0.25) is 0 Å². The van der Waals surface area contributed by atoms with Crippen molar-refractivity contribution in [3.8, 4) is 0 Å². The minimum Gasteiger partial charge on any atom is -0.383 e. The minimum atomic E-state index is -0.713. The van der Waals surface area contributed by atoms with Crippen LogP contribution in [-0.2, 0) is 0 Å². The first-order valence-corrected chi connectivity index (χ1v) is 11.0. The lowest BCUT2D eigenvalue weighted by atomic mass is 10.6. The predicted octanol–water partition coefficient (Wildman–Crippen LogP) is -3.42. The average molecular weight is 642 g/mol. The van der Waals surface area contributed by atoms with Gasteiger partial charge in [-0.3, -0.25) is 19.9 Å². The number of rotatable bonds is 0. The highest BCUT2D eigenvalue weighted by Crippen LogP contribution is 1.99. The van der Waals surface area contributed by atoms with Crippen LogP contribution in [0.15, 0.2) is 44.0 Å². The van der Waals surface area contributed by atoms with Crippen LogP contribution in [0.25, 0.3) is 0 Å². The van der Waals surface area contributed by atoms with Crippen LogP contribution in [0.3, 0.4) is 0 Å². The normalized spacial score (nSPS) is 9.42. The van der Waals surface area contributed by atoms with Gasteiger partial charge >= 0.3 is 22.8 Å². The molecule has 0 unspecified atom stereocenters. The molecule has 0 aliphatic heterocycles. The van der Waals surface area contributed by atoms with Gasteiger partial charge in [-0.2, -0.15) is 34.9 Å². The number of hydrogen-bond donors (Lipinski definition) is 11. The first-order valence-electron chi connectivity index (χ1n) is 11.0. The van der Waals surface area contributed by atoms with Gasteiger partial charge in [-0.25, -0.2) is 36.7 Å². The minimum absolute atomic E-state index is 0.0417. The van der Waals surface area contributed by atoms with Crippen molar-refractivity contribution in [1.82, 2.24) is 54.8 Å². The van der Waals surface area contributed by atoms with Crippen molar-refractivity contribution in [2.75, 3.05) is 40.1 Å². The Morgan fingerprint density at radius 3 is 0.711 bits per heavy atom. The number of H-pyrrole nitrogens is 4. The van der Waals surface area contributed by atoms with E-state index >= 15 is 0 Å². The summed E-state index contributed by atoms with van der Waals surface area (Å²) in [5, 5.41) is 0. The summed E-state index contributed by atoms with van der Waals surface area (Å²) in [6, 6.07) is 0. The topological polar surface area (TPSA) is 404 Å². The Labute approximate surface area is 244 Å². The Morgan fingerprint density at radius 2 is 0.578 bits per heavy atom. The average Bonchev–Trinajstić information content (AvgIpc) is 2.94. The zero-order chi connectivity index (χ0) is 34.3. The molecule has 0 atom stereocenters. The molecular weight excluding hydrogens is 620 g/mol. The molecule has 0 amide bonds. The van der Waals surface area contributed by atoms with E-state index in [9.17, 15) is 36.7 Å². The van der Waals surface area contributed by atoms with Crippen molar-refractivity contribution in [3.05, 3.63) is 90.0 Å². The van der Waals surface area contributed by atoms with Gasteiger partial charge in [-0.1, -0.05) is 0 Å². The molecule has 26 heteroatoms. The Morgan fingerprint density at radius 1 is 0.400 bits per heavy atom. The van der Waals surface area contributed by atoms with Gasteiger partial charge in [-0.15, -0.1) is 0 Å². The lowest BCUT2D eigenvalue weighted by molar-refractivity contribution is 0.617. The molecule has 5 aromatic rings. The summed E-state index contributed by atoms with van der Waals surface area (Å²) in [5.74, 6) is -3.86.